The van der Waals surface area contributed by atoms with E-state index in [4.69, 9.17) is 9.72 Å². The number of hydrogen-bond acceptors (Lipinski definition) is 7. The molecular weight excluding hydrogens is 388 g/mol. The van der Waals surface area contributed by atoms with Gasteiger partial charge in [-0.2, -0.15) is 4.98 Å². The minimum Gasteiger partial charge on any atom is -0.381 e. The Hall–Kier alpha value is -2.78. The Balaban J connectivity index is 1.57. The van der Waals surface area contributed by atoms with Crippen LogP contribution in [0.2, 0.25) is 0 Å². The second-order valence-corrected chi connectivity index (χ2v) is 8.69. The zero-order valence-electron chi connectivity index (χ0n) is 16.6. The van der Waals surface area contributed by atoms with E-state index in [2.05, 4.69) is 28.3 Å². The van der Waals surface area contributed by atoms with Crippen molar-refractivity contribution in [1.82, 2.24) is 24.1 Å². The molecule has 5 rings (SSSR count). The van der Waals surface area contributed by atoms with Crippen molar-refractivity contribution in [3.63, 3.8) is 0 Å². The van der Waals surface area contributed by atoms with Crippen LogP contribution in [0.15, 0.2) is 23.1 Å². The lowest BCUT2D eigenvalue weighted by atomic mass is 10.1. The van der Waals surface area contributed by atoms with Crippen molar-refractivity contribution in [2.75, 3.05) is 18.5 Å². The summed E-state index contributed by atoms with van der Waals surface area (Å²) in [5.74, 6) is 0.471. The minimum absolute atomic E-state index is 0.0612. The van der Waals surface area contributed by atoms with Crippen LogP contribution in [-0.4, -0.2) is 37.3 Å². The van der Waals surface area contributed by atoms with Crippen LogP contribution in [0, 0.1) is 13.8 Å². The maximum atomic E-state index is 12.8. The highest BCUT2D eigenvalue weighted by atomic mass is 32.1. The molecule has 0 spiro atoms. The molecule has 1 saturated heterocycles. The van der Waals surface area contributed by atoms with Gasteiger partial charge in [0.1, 0.15) is 5.52 Å². The van der Waals surface area contributed by atoms with E-state index < -0.39 is 0 Å². The highest BCUT2D eigenvalue weighted by Gasteiger charge is 2.23. The molecule has 8 nitrogen and oxygen atoms in total. The van der Waals surface area contributed by atoms with Gasteiger partial charge in [-0.3, -0.25) is 9.13 Å². The van der Waals surface area contributed by atoms with Crippen LogP contribution in [0.25, 0.3) is 21.4 Å². The first-order valence-electron chi connectivity index (χ1n) is 9.68. The van der Waals surface area contributed by atoms with E-state index in [1.54, 1.807) is 33.7 Å². The number of fused-ring (bicyclic) bond motifs is 2. The van der Waals surface area contributed by atoms with Gasteiger partial charge in [0.05, 0.1) is 21.4 Å². The van der Waals surface area contributed by atoms with Crippen molar-refractivity contribution >= 4 is 44.4 Å². The fraction of sp³-hybridized carbons (Fsp3) is 0.400. The first kappa shape index (κ1) is 18.3. The van der Waals surface area contributed by atoms with Gasteiger partial charge in [-0.05, 0) is 44.4 Å². The molecule has 4 aromatic rings. The van der Waals surface area contributed by atoms with E-state index in [0.29, 0.717) is 24.8 Å². The molecule has 9 heteroatoms. The lowest BCUT2D eigenvalue weighted by molar-refractivity contribution is 0.0695. The number of aromatic nitrogens is 5. The normalized spacial score (nSPS) is 15.4. The van der Waals surface area contributed by atoms with E-state index >= 15 is 0 Å². The van der Waals surface area contributed by atoms with Gasteiger partial charge in [-0.1, -0.05) is 0 Å². The summed E-state index contributed by atoms with van der Waals surface area (Å²) in [6.45, 7) is 5.39. The zero-order valence-corrected chi connectivity index (χ0v) is 17.4. The van der Waals surface area contributed by atoms with Crippen molar-refractivity contribution in [2.24, 2.45) is 7.05 Å². The molecule has 0 unspecified atom stereocenters. The third-order valence-corrected chi connectivity index (χ3v) is 6.41. The number of benzene rings is 1. The average Bonchev–Trinajstić information content (AvgIpc) is 3.18. The third kappa shape index (κ3) is 3.10. The van der Waals surface area contributed by atoms with Crippen LogP contribution in [0.3, 0.4) is 0 Å². The van der Waals surface area contributed by atoms with Gasteiger partial charge >= 0.3 is 5.69 Å². The summed E-state index contributed by atoms with van der Waals surface area (Å²) >= 11 is 1.68. The van der Waals surface area contributed by atoms with Gasteiger partial charge in [0, 0.05) is 32.0 Å². The molecule has 1 aromatic carbocycles. The highest BCUT2D eigenvalue weighted by molar-refractivity contribution is 7.18. The predicted molar refractivity (Wildman–Crippen MR) is 114 cm³/mol. The number of thiazole rings is 1. The van der Waals surface area contributed by atoms with E-state index in [1.165, 1.54) is 4.70 Å². The minimum atomic E-state index is -0.0612. The van der Waals surface area contributed by atoms with Gasteiger partial charge in [-0.25, -0.2) is 14.8 Å². The molecule has 150 valence electrons. The van der Waals surface area contributed by atoms with Crippen molar-refractivity contribution in [2.45, 2.75) is 32.7 Å². The smallest absolute Gasteiger partial charge is 0.330 e. The number of hydrogen-bond donors (Lipinski definition) is 1. The van der Waals surface area contributed by atoms with Crippen LogP contribution >= 0.6 is 11.3 Å². The summed E-state index contributed by atoms with van der Waals surface area (Å²) < 4.78 is 10.0. The lowest BCUT2D eigenvalue weighted by Crippen LogP contribution is -2.30. The van der Waals surface area contributed by atoms with Crippen LogP contribution in [0.1, 0.15) is 29.5 Å². The van der Waals surface area contributed by atoms with Crippen molar-refractivity contribution < 1.29 is 4.74 Å². The molecule has 0 amide bonds. The average molecular weight is 411 g/mol. The third-order valence-electron chi connectivity index (χ3n) is 5.48. The molecular formula is C20H22N6O2S. The predicted octanol–water partition coefficient (Wildman–Crippen LogP) is 3.45. The quantitative estimate of drug-likeness (QED) is 0.557. The van der Waals surface area contributed by atoms with E-state index in [0.717, 1.165) is 40.1 Å². The number of aryl methyl sites for hydroxylation is 3. The summed E-state index contributed by atoms with van der Waals surface area (Å²) in [6, 6.07) is 4.25. The van der Waals surface area contributed by atoms with Crippen LogP contribution in [-0.2, 0) is 11.8 Å². The molecule has 0 radical (unpaired) electrons. The Morgan fingerprint density at radius 1 is 1.21 bits per heavy atom. The van der Waals surface area contributed by atoms with Crippen molar-refractivity contribution in [3.8, 4) is 0 Å². The second kappa shape index (κ2) is 6.93. The summed E-state index contributed by atoms with van der Waals surface area (Å²) in [4.78, 5) is 26.6. The number of anilines is 2. The monoisotopic (exact) mass is 410 g/mol. The van der Waals surface area contributed by atoms with Crippen molar-refractivity contribution in [3.05, 3.63) is 39.4 Å². The maximum Gasteiger partial charge on any atom is 0.330 e. The molecule has 1 aliphatic rings. The molecule has 0 bridgehead atoms. The summed E-state index contributed by atoms with van der Waals surface area (Å²) in [7, 11) is 1.76. The Morgan fingerprint density at radius 2 is 2.00 bits per heavy atom. The summed E-state index contributed by atoms with van der Waals surface area (Å²) in [5.41, 5.74) is 4.30. The highest BCUT2D eigenvalue weighted by Crippen LogP contribution is 2.29. The Bertz CT molecular complexity index is 1280. The number of nitrogens with one attached hydrogen (secondary N) is 1. The SMILES string of the molecule is Cc1nc2cc(Nc3ncc4c(n3)n(C3CCOCC3)c(=O)n4C)c(C)cc2s1. The Kier molecular flexibility index (Phi) is 4.36. The number of rotatable bonds is 3. The van der Waals surface area contributed by atoms with E-state index in [1.807, 2.05) is 13.0 Å². The lowest BCUT2D eigenvalue weighted by Gasteiger charge is -2.22. The summed E-state index contributed by atoms with van der Waals surface area (Å²) in [5, 5.41) is 4.36. The largest absolute Gasteiger partial charge is 0.381 e. The number of nitrogens with zero attached hydrogens (tertiary/aromatic N) is 5. The molecule has 0 saturated carbocycles. The van der Waals surface area contributed by atoms with Crippen molar-refractivity contribution in [1.29, 1.82) is 0 Å². The fourth-order valence-electron chi connectivity index (χ4n) is 3.91. The number of ether oxygens (including phenoxy) is 1. The zero-order chi connectivity index (χ0) is 20.1. The van der Waals surface area contributed by atoms with Crippen LogP contribution in [0.4, 0.5) is 11.6 Å². The standard InChI is InChI=1S/C20H22N6O2S/c1-11-8-17-15(22-12(2)29-17)9-14(11)23-19-21-10-16-18(24-19)26(20(27)25(16)3)13-4-6-28-7-5-13/h8-10,13H,4-7H2,1-3H3,(H,21,23,24). The molecule has 1 fully saturated rings. The molecule has 0 aliphatic carbocycles. The first-order valence-corrected chi connectivity index (χ1v) is 10.5. The van der Waals surface area contributed by atoms with Gasteiger partial charge in [-0.15, -0.1) is 11.3 Å². The molecule has 1 aliphatic heterocycles. The molecule has 1 N–H and O–H groups in total. The number of imidazole rings is 1. The Labute approximate surface area is 171 Å². The maximum absolute atomic E-state index is 12.8. The van der Waals surface area contributed by atoms with Gasteiger partial charge < -0.3 is 10.1 Å². The van der Waals surface area contributed by atoms with Crippen LogP contribution < -0.4 is 11.0 Å². The van der Waals surface area contributed by atoms with Gasteiger partial charge in [0.2, 0.25) is 5.95 Å². The summed E-state index contributed by atoms with van der Waals surface area (Å²) in [6.07, 6.45) is 3.33. The molecule has 29 heavy (non-hydrogen) atoms. The van der Waals surface area contributed by atoms with E-state index in [-0.39, 0.29) is 11.7 Å². The topological polar surface area (TPSA) is 86.9 Å². The molecule has 4 heterocycles. The van der Waals surface area contributed by atoms with Gasteiger partial charge in [0.25, 0.3) is 0 Å². The van der Waals surface area contributed by atoms with Crippen LogP contribution in [0.5, 0.6) is 0 Å². The van der Waals surface area contributed by atoms with E-state index in [9.17, 15) is 4.79 Å². The molecule has 3 aromatic heterocycles. The van der Waals surface area contributed by atoms with Gasteiger partial charge in [0.15, 0.2) is 5.65 Å². The second-order valence-electron chi connectivity index (χ2n) is 7.45. The Morgan fingerprint density at radius 3 is 2.79 bits per heavy atom. The first-order chi connectivity index (χ1) is 14.0. The fourth-order valence-corrected chi connectivity index (χ4v) is 4.82. The molecule has 0 atom stereocenters.